The third-order valence-electron chi connectivity index (χ3n) is 5.64. The van der Waals surface area contributed by atoms with E-state index in [1.54, 1.807) is 0 Å². The summed E-state index contributed by atoms with van der Waals surface area (Å²) >= 11 is 0. The minimum Gasteiger partial charge on any atom is -0.362 e. The van der Waals surface area contributed by atoms with Crippen molar-refractivity contribution in [2.24, 2.45) is 0 Å². The molecule has 3 atom stereocenters. The molecule has 130 valence electrons. The standard InChI is InChI=1S/C20H20N6/c1-11-9-23-20(25-18-8-13-4-6-16(18)24-13)26-19(11)15-10-22-17-7-12(21-2)3-5-14(15)17/h3,5,7,9-10,13,16,18,22,24H,4,6,8H2,1H3,(H,23,25,26)/t13-,16+,18+/m1/s1. The molecule has 2 saturated heterocycles. The van der Waals surface area contributed by atoms with E-state index in [-0.39, 0.29) is 0 Å². The summed E-state index contributed by atoms with van der Waals surface area (Å²) in [6.07, 6.45) is 7.51. The number of hydrogen-bond acceptors (Lipinski definition) is 4. The van der Waals surface area contributed by atoms with Crippen LogP contribution in [0, 0.1) is 13.5 Å². The second kappa shape index (κ2) is 5.82. The zero-order valence-corrected chi connectivity index (χ0v) is 14.6. The summed E-state index contributed by atoms with van der Waals surface area (Å²) < 4.78 is 0. The number of hydrogen-bond donors (Lipinski definition) is 3. The molecule has 4 heterocycles. The lowest BCUT2D eigenvalue weighted by Gasteiger charge is -2.21. The van der Waals surface area contributed by atoms with Gasteiger partial charge in [0.05, 0.1) is 12.3 Å². The van der Waals surface area contributed by atoms with Crippen molar-refractivity contribution in [2.45, 2.75) is 44.3 Å². The lowest BCUT2D eigenvalue weighted by atomic mass is 9.96. The molecule has 0 spiro atoms. The molecule has 2 aromatic heterocycles. The molecule has 0 saturated carbocycles. The molecule has 2 fully saturated rings. The average molecular weight is 344 g/mol. The smallest absolute Gasteiger partial charge is 0.223 e. The van der Waals surface area contributed by atoms with E-state index in [2.05, 4.69) is 25.4 Å². The van der Waals surface area contributed by atoms with E-state index in [1.165, 1.54) is 12.8 Å². The highest BCUT2D eigenvalue weighted by Gasteiger charge is 2.39. The zero-order valence-electron chi connectivity index (χ0n) is 14.6. The Morgan fingerprint density at radius 2 is 2.23 bits per heavy atom. The molecular weight excluding hydrogens is 324 g/mol. The maximum atomic E-state index is 7.17. The van der Waals surface area contributed by atoms with Gasteiger partial charge in [0.2, 0.25) is 5.95 Å². The van der Waals surface area contributed by atoms with E-state index in [4.69, 9.17) is 11.6 Å². The van der Waals surface area contributed by atoms with E-state index in [9.17, 15) is 0 Å². The fourth-order valence-corrected chi connectivity index (χ4v) is 4.31. The summed E-state index contributed by atoms with van der Waals surface area (Å²) in [5.74, 6) is 0.692. The molecule has 5 rings (SSSR count). The number of H-pyrrole nitrogens is 1. The summed E-state index contributed by atoms with van der Waals surface area (Å²) in [4.78, 5) is 16.1. The molecule has 26 heavy (non-hydrogen) atoms. The van der Waals surface area contributed by atoms with Crippen LogP contribution in [0.25, 0.3) is 27.0 Å². The van der Waals surface area contributed by atoms with Crippen molar-refractivity contribution in [3.8, 4) is 11.3 Å². The fourth-order valence-electron chi connectivity index (χ4n) is 4.31. The van der Waals surface area contributed by atoms with Gasteiger partial charge in [0.15, 0.2) is 5.69 Å². The highest BCUT2D eigenvalue weighted by atomic mass is 15.2. The van der Waals surface area contributed by atoms with E-state index in [1.807, 2.05) is 37.5 Å². The van der Waals surface area contributed by atoms with E-state index in [0.717, 1.165) is 34.1 Å². The third kappa shape index (κ3) is 2.44. The molecule has 1 aromatic carbocycles. The van der Waals surface area contributed by atoms with Crippen molar-refractivity contribution in [1.29, 1.82) is 0 Å². The van der Waals surface area contributed by atoms with Crippen LogP contribution in [0.15, 0.2) is 30.6 Å². The van der Waals surface area contributed by atoms with Crippen LogP contribution in [0.4, 0.5) is 11.6 Å². The number of benzene rings is 1. The Morgan fingerprint density at radius 1 is 1.31 bits per heavy atom. The Balaban J connectivity index is 1.50. The first-order valence-electron chi connectivity index (χ1n) is 9.06. The summed E-state index contributed by atoms with van der Waals surface area (Å²) in [6, 6.07) is 7.31. The summed E-state index contributed by atoms with van der Waals surface area (Å²) in [6.45, 7) is 9.20. The number of aryl methyl sites for hydroxylation is 1. The molecular formula is C20H20N6. The van der Waals surface area contributed by atoms with Crippen molar-refractivity contribution in [3.63, 3.8) is 0 Å². The van der Waals surface area contributed by atoms with E-state index < -0.39 is 0 Å². The SMILES string of the molecule is [C-]#[N+]c1ccc2c(-c3nc(N[C@H]4C[C@H]5CC[C@@H]4N5)ncc3C)c[nH]c2c1. The van der Waals surface area contributed by atoms with E-state index in [0.29, 0.717) is 29.8 Å². The molecule has 6 heteroatoms. The Hall–Kier alpha value is -2.91. The summed E-state index contributed by atoms with van der Waals surface area (Å²) in [7, 11) is 0. The van der Waals surface area contributed by atoms with Gasteiger partial charge in [0.25, 0.3) is 0 Å². The first kappa shape index (κ1) is 15.4. The van der Waals surface area contributed by atoms with Gasteiger partial charge in [0.1, 0.15) is 0 Å². The van der Waals surface area contributed by atoms with Crippen LogP contribution in [-0.4, -0.2) is 33.1 Å². The van der Waals surface area contributed by atoms with Gasteiger partial charge in [-0.3, -0.25) is 0 Å². The van der Waals surface area contributed by atoms with Crippen molar-refractivity contribution in [3.05, 3.63) is 47.6 Å². The van der Waals surface area contributed by atoms with Crippen LogP contribution in [0.2, 0.25) is 0 Å². The van der Waals surface area contributed by atoms with Crippen LogP contribution in [-0.2, 0) is 0 Å². The monoisotopic (exact) mass is 344 g/mol. The number of aromatic amines is 1. The van der Waals surface area contributed by atoms with Gasteiger partial charge in [-0.1, -0.05) is 12.1 Å². The highest BCUT2D eigenvalue weighted by Crippen LogP contribution is 2.33. The quantitative estimate of drug-likeness (QED) is 0.632. The normalized spacial score (nSPS) is 24.1. The molecule has 2 aliphatic heterocycles. The Bertz CT molecular complexity index is 1030. The molecule has 2 bridgehead atoms. The number of aromatic nitrogens is 3. The minimum atomic E-state index is 0.411. The van der Waals surface area contributed by atoms with Crippen LogP contribution in [0.1, 0.15) is 24.8 Å². The molecule has 6 nitrogen and oxygen atoms in total. The van der Waals surface area contributed by atoms with Crippen molar-refractivity contribution < 1.29 is 0 Å². The molecule has 3 aromatic rings. The number of nitrogens with one attached hydrogen (secondary N) is 3. The van der Waals surface area contributed by atoms with Crippen LogP contribution in [0.5, 0.6) is 0 Å². The number of fused-ring (bicyclic) bond motifs is 3. The van der Waals surface area contributed by atoms with Gasteiger partial charge in [-0.05, 0) is 37.8 Å². The van der Waals surface area contributed by atoms with Crippen molar-refractivity contribution in [1.82, 2.24) is 20.3 Å². The second-order valence-corrected chi connectivity index (χ2v) is 7.30. The van der Waals surface area contributed by atoms with E-state index >= 15 is 0 Å². The first-order chi connectivity index (χ1) is 12.7. The maximum absolute atomic E-state index is 7.17. The summed E-state index contributed by atoms with van der Waals surface area (Å²) in [5.41, 5.74) is 4.61. The molecule has 0 radical (unpaired) electrons. The van der Waals surface area contributed by atoms with Gasteiger partial charge in [0, 0.05) is 47.0 Å². The van der Waals surface area contributed by atoms with Gasteiger partial charge in [-0.15, -0.1) is 0 Å². The molecule has 3 N–H and O–H groups in total. The van der Waals surface area contributed by atoms with Crippen molar-refractivity contribution in [2.75, 3.05) is 5.32 Å². The molecule has 0 aliphatic carbocycles. The first-order valence-corrected chi connectivity index (χ1v) is 9.06. The number of anilines is 1. The lowest BCUT2D eigenvalue weighted by Crippen LogP contribution is -2.34. The van der Waals surface area contributed by atoms with Crippen LogP contribution >= 0.6 is 0 Å². The largest absolute Gasteiger partial charge is 0.362 e. The lowest BCUT2D eigenvalue weighted by molar-refractivity contribution is 0.525. The number of rotatable bonds is 3. The third-order valence-corrected chi connectivity index (χ3v) is 5.64. The second-order valence-electron chi connectivity index (χ2n) is 7.30. The molecule has 0 unspecified atom stereocenters. The Kier molecular flexibility index (Phi) is 3.44. The topological polar surface area (TPSA) is 70.0 Å². The molecule has 0 amide bonds. The van der Waals surface area contributed by atoms with Gasteiger partial charge in [-0.2, -0.15) is 0 Å². The van der Waals surface area contributed by atoms with Crippen molar-refractivity contribution >= 4 is 22.5 Å². The average Bonchev–Trinajstić information content (AvgIpc) is 3.38. The van der Waals surface area contributed by atoms with Crippen LogP contribution in [0.3, 0.4) is 0 Å². The Morgan fingerprint density at radius 3 is 3.00 bits per heavy atom. The van der Waals surface area contributed by atoms with Gasteiger partial charge in [-0.25, -0.2) is 14.8 Å². The Labute approximate surface area is 151 Å². The molecule has 2 aliphatic rings. The predicted molar refractivity (Wildman–Crippen MR) is 102 cm³/mol. The minimum absolute atomic E-state index is 0.411. The zero-order chi connectivity index (χ0) is 17.7. The predicted octanol–water partition coefficient (Wildman–Crippen LogP) is 3.79. The summed E-state index contributed by atoms with van der Waals surface area (Å²) in [5, 5.41) is 8.25. The highest BCUT2D eigenvalue weighted by molar-refractivity contribution is 5.96. The van der Waals surface area contributed by atoms with Gasteiger partial charge >= 0.3 is 0 Å². The maximum Gasteiger partial charge on any atom is 0.223 e. The van der Waals surface area contributed by atoms with Crippen LogP contribution < -0.4 is 10.6 Å². The van der Waals surface area contributed by atoms with Gasteiger partial charge < -0.3 is 15.6 Å². The number of nitrogens with zero attached hydrogens (tertiary/aromatic N) is 3. The fraction of sp³-hybridized carbons (Fsp3) is 0.350.